The first-order chi connectivity index (χ1) is 11.3. The predicted octanol–water partition coefficient (Wildman–Crippen LogP) is 1.71. The van der Waals surface area contributed by atoms with E-state index in [9.17, 15) is 5.26 Å². The Labute approximate surface area is 134 Å². The molecule has 3 rings (SSSR count). The lowest BCUT2D eigenvalue weighted by Crippen LogP contribution is -2.36. The summed E-state index contributed by atoms with van der Waals surface area (Å²) in [5.41, 5.74) is 1.33. The van der Waals surface area contributed by atoms with E-state index in [4.69, 9.17) is 9.47 Å². The van der Waals surface area contributed by atoms with Gasteiger partial charge in [-0.3, -0.25) is 5.10 Å². The van der Waals surface area contributed by atoms with Gasteiger partial charge in [0.1, 0.15) is 11.8 Å². The summed E-state index contributed by atoms with van der Waals surface area (Å²) >= 11 is 0. The molecule has 1 fully saturated rings. The van der Waals surface area contributed by atoms with Gasteiger partial charge in [0, 0.05) is 13.1 Å². The van der Waals surface area contributed by atoms with Gasteiger partial charge in [0.2, 0.25) is 5.95 Å². The number of hydrogen-bond donors (Lipinski definition) is 1. The van der Waals surface area contributed by atoms with Crippen LogP contribution in [-0.2, 0) is 4.74 Å². The highest BCUT2D eigenvalue weighted by Gasteiger charge is 2.16. The summed E-state index contributed by atoms with van der Waals surface area (Å²) in [6.45, 7) is 2.83. The van der Waals surface area contributed by atoms with Gasteiger partial charge in [0.25, 0.3) is 0 Å². The Kier molecular flexibility index (Phi) is 4.54. The topological polar surface area (TPSA) is 87.1 Å². The Balaban J connectivity index is 1.81. The van der Waals surface area contributed by atoms with Crippen molar-refractivity contribution < 1.29 is 9.47 Å². The minimum Gasteiger partial charge on any atom is -0.497 e. The van der Waals surface area contributed by atoms with Crippen molar-refractivity contribution in [3.05, 3.63) is 35.7 Å². The number of aromatic amines is 1. The van der Waals surface area contributed by atoms with Crippen LogP contribution in [0.5, 0.6) is 5.75 Å². The molecule has 1 aliphatic heterocycles. The van der Waals surface area contributed by atoms with Crippen LogP contribution in [0.1, 0.15) is 11.4 Å². The minimum atomic E-state index is 0.433. The van der Waals surface area contributed by atoms with Crippen LogP contribution in [-0.4, -0.2) is 48.6 Å². The normalized spacial score (nSPS) is 15.3. The number of hydrogen-bond acceptors (Lipinski definition) is 6. The van der Waals surface area contributed by atoms with E-state index >= 15 is 0 Å². The maximum absolute atomic E-state index is 9.40. The van der Waals surface area contributed by atoms with Gasteiger partial charge in [0.15, 0.2) is 5.82 Å². The Morgan fingerprint density at radius 1 is 1.35 bits per heavy atom. The largest absolute Gasteiger partial charge is 0.497 e. The van der Waals surface area contributed by atoms with Gasteiger partial charge in [-0.05, 0) is 23.8 Å². The van der Waals surface area contributed by atoms with Gasteiger partial charge < -0.3 is 14.4 Å². The van der Waals surface area contributed by atoms with Gasteiger partial charge >= 0.3 is 0 Å². The lowest BCUT2D eigenvalue weighted by atomic mass is 10.1. The monoisotopic (exact) mass is 311 g/mol. The zero-order valence-electron chi connectivity index (χ0n) is 12.8. The van der Waals surface area contributed by atoms with Gasteiger partial charge in [0.05, 0.1) is 25.9 Å². The summed E-state index contributed by atoms with van der Waals surface area (Å²) in [4.78, 5) is 6.46. The molecule has 23 heavy (non-hydrogen) atoms. The molecule has 7 nitrogen and oxygen atoms in total. The molecule has 0 spiro atoms. The predicted molar refractivity (Wildman–Crippen MR) is 85.9 cm³/mol. The van der Waals surface area contributed by atoms with Crippen molar-refractivity contribution in [2.75, 3.05) is 38.3 Å². The summed E-state index contributed by atoms with van der Waals surface area (Å²) in [7, 11) is 1.62. The van der Waals surface area contributed by atoms with Crippen LogP contribution in [0, 0.1) is 11.3 Å². The molecule has 1 aromatic heterocycles. The van der Waals surface area contributed by atoms with E-state index in [0.717, 1.165) is 24.4 Å². The quantitative estimate of drug-likeness (QED) is 0.865. The number of nitrogens with zero attached hydrogens (tertiary/aromatic N) is 4. The van der Waals surface area contributed by atoms with E-state index in [0.29, 0.717) is 30.6 Å². The van der Waals surface area contributed by atoms with Crippen LogP contribution in [0.25, 0.3) is 11.6 Å². The summed E-state index contributed by atoms with van der Waals surface area (Å²) in [5.74, 6) is 1.83. The number of morpholine rings is 1. The SMILES string of the molecule is COc1ccc(C=C(C#N)c2nc(N3CCOCC3)n[nH]2)cc1. The molecule has 0 aliphatic carbocycles. The van der Waals surface area contributed by atoms with Gasteiger partial charge in [-0.15, -0.1) is 5.10 Å². The number of ether oxygens (including phenoxy) is 2. The lowest BCUT2D eigenvalue weighted by molar-refractivity contribution is 0.122. The number of aromatic nitrogens is 3. The molecular formula is C16H17N5O2. The average Bonchev–Trinajstić information content (AvgIpc) is 3.11. The van der Waals surface area contributed by atoms with Crippen molar-refractivity contribution in [1.82, 2.24) is 15.2 Å². The molecule has 2 aromatic rings. The van der Waals surface area contributed by atoms with Gasteiger partial charge in [-0.25, -0.2) is 0 Å². The Morgan fingerprint density at radius 2 is 2.09 bits per heavy atom. The second-order valence-electron chi connectivity index (χ2n) is 5.03. The Bertz CT molecular complexity index is 724. The first kappa shape index (κ1) is 15.1. The highest BCUT2D eigenvalue weighted by Crippen LogP contribution is 2.19. The summed E-state index contributed by atoms with van der Waals surface area (Å²) < 4.78 is 10.4. The first-order valence-corrected chi connectivity index (χ1v) is 7.31. The van der Waals surface area contributed by atoms with Gasteiger partial charge in [-0.1, -0.05) is 12.1 Å². The number of methoxy groups -OCH3 is 1. The van der Waals surface area contributed by atoms with Gasteiger partial charge in [-0.2, -0.15) is 10.2 Å². The number of nitrogens with one attached hydrogen (secondary N) is 1. The molecule has 0 unspecified atom stereocenters. The molecule has 0 bridgehead atoms. The number of H-pyrrole nitrogens is 1. The molecule has 0 atom stereocenters. The number of benzene rings is 1. The molecule has 1 saturated heterocycles. The molecule has 0 saturated carbocycles. The third kappa shape index (κ3) is 3.49. The fourth-order valence-corrected chi connectivity index (χ4v) is 2.30. The third-order valence-electron chi connectivity index (χ3n) is 3.57. The summed E-state index contributed by atoms with van der Waals surface area (Å²) in [6.07, 6.45) is 1.77. The Hall–Kier alpha value is -2.85. The smallest absolute Gasteiger partial charge is 0.245 e. The number of nitriles is 1. The van der Waals surface area contributed by atoms with Crippen molar-refractivity contribution in [2.24, 2.45) is 0 Å². The van der Waals surface area contributed by atoms with Crippen LogP contribution in [0.4, 0.5) is 5.95 Å². The molecule has 0 amide bonds. The molecule has 1 aliphatic rings. The second-order valence-corrected chi connectivity index (χ2v) is 5.03. The lowest BCUT2D eigenvalue weighted by Gasteiger charge is -2.25. The summed E-state index contributed by atoms with van der Waals surface area (Å²) in [6, 6.07) is 9.63. The number of anilines is 1. The van der Waals surface area contributed by atoms with E-state index in [2.05, 4.69) is 21.3 Å². The minimum absolute atomic E-state index is 0.433. The maximum Gasteiger partial charge on any atom is 0.245 e. The highest BCUT2D eigenvalue weighted by atomic mass is 16.5. The van der Waals surface area contributed by atoms with Crippen molar-refractivity contribution in [3.8, 4) is 11.8 Å². The van der Waals surface area contributed by atoms with E-state index < -0.39 is 0 Å². The first-order valence-electron chi connectivity index (χ1n) is 7.31. The van der Waals surface area contributed by atoms with E-state index in [-0.39, 0.29) is 0 Å². The van der Waals surface area contributed by atoms with Crippen molar-refractivity contribution >= 4 is 17.6 Å². The van der Waals surface area contributed by atoms with Crippen molar-refractivity contribution in [3.63, 3.8) is 0 Å². The van der Waals surface area contributed by atoms with Crippen LogP contribution in [0.3, 0.4) is 0 Å². The Morgan fingerprint density at radius 3 is 2.74 bits per heavy atom. The standard InChI is InChI=1S/C16H17N5O2/c1-22-14-4-2-12(3-5-14)10-13(11-17)15-18-16(20-19-15)21-6-8-23-9-7-21/h2-5,10H,6-9H2,1H3,(H,18,19,20). The second kappa shape index (κ2) is 6.94. The molecule has 1 aromatic carbocycles. The molecule has 7 heteroatoms. The molecule has 1 N–H and O–H groups in total. The zero-order chi connectivity index (χ0) is 16.1. The van der Waals surface area contributed by atoms with E-state index in [1.54, 1.807) is 13.2 Å². The van der Waals surface area contributed by atoms with Crippen molar-refractivity contribution in [2.45, 2.75) is 0 Å². The average molecular weight is 311 g/mol. The molecule has 2 heterocycles. The van der Waals surface area contributed by atoms with Crippen molar-refractivity contribution in [1.29, 1.82) is 5.26 Å². The third-order valence-corrected chi connectivity index (χ3v) is 3.57. The maximum atomic E-state index is 9.40. The molecular weight excluding hydrogens is 294 g/mol. The fraction of sp³-hybridized carbons (Fsp3) is 0.312. The fourth-order valence-electron chi connectivity index (χ4n) is 2.30. The van der Waals surface area contributed by atoms with E-state index in [1.165, 1.54) is 0 Å². The van der Waals surface area contributed by atoms with Crippen LogP contribution < -0.4 is 9.64 Å². The molecule has 0 radical (unpaired) electrons. The number of allylic oxidation sites excluding steroid dienone is 1. The molecule has 118 valence electrons. The number of rotatable bonds is 4. The highest BCUT2D eigenvalue weighted by molar-refractivity contribution is 5.87. The van der Waals surface area contributed by atoms with Crippen LogP contribution in [0.15, 0.2) is 24.3 Å². The summed E-state index contributed by atoms with van der Waals surface area (Å²) in [5, 5.41) is 16.4. The zero-order valence-corrected chi connectivity index (χ0v) is 12.8. The van der Waals surface area contributed by atoms with Crippen LogP contribution in [0.2, 0.25) is 0 Å². The van der Waals surface area contributed by atoms with Crippen LogP contribution >= 0.6 is 0 Å². The van der Waals surface area contributed by atoms with E-state index in [1.807, 2.05) is 29.2 Å².